The molecule has 0 bridgehead atoms. The molecule has 25 heavy (non-hydrogen) atoms. The molecule has 0 aliphatic heterocycles. The van der Waals surface area contributed by atoms with Crippen LogP contribution in [0.5, 0.6) is 0 Å². The van der Waals surface area contributed by atoms with E-state index in [2.05, 4.69) is 16.3 Å². The van der Waals surface area contributed by atoms with Crippen LogP contribution in [0.4, 0.5) is 10.1 Å². The van der Waals surface area contributed by atoms with Crippen LogP contribution in [-0.4, -0.2) is 15.7 Å². The Morgan fingerprint density at radius 1 is 1.24 bits per heavy atom. The van der Waals surface area contributed by atoms with Gasteiger partial charge in [0.25, 0.3) is 5.91 Å². The smallest absolute Gasteiger partial charge is 0.262 e. The first-order valence-electron chi connectivity index (χ1n) is 7.67. The van der Waals surface area contributed by atoms with E-state index in [1.807, 2.05) is 36.4 Å². The second-order valence-electron chi connectivity index (χ2n) is 5.60. The van der Waals surface area contributed by atoms with Crippen molar-refractivity contribution in [2.45, 2.75) is 6.92 Å². The average molecular weight is 333 g/mol. The first-order valence-corrected chi connectivity index (χ1v) is 7.67. The van der Waals surface area contributed by atoms with Gasteiger partial charge >= 0.3 is 0 Å². The molecule has 0 fully saturated rings. The number of anilines is 1. The predicted molar refractivity (Wildman–Crippen MR) is 95.7 cm³/mol. The van der Waals surface area contributed by atoms with Crippen molar-refractivity contribution >= 4 is 11.6 Å². The molecule has 0 atom stereocenters. The Balaban J connectivity index is 2.04. The molecular weight excluding hydrogens is 317 g/mol. The number of carbonyl (C=O) groups excluding carboxylic acids is 1. The summed E-state index contributed by atoms with van der Waals surface area (Å²) in [5, 5.41) is 6.70. The molecule has 0 unspecified atom stereocenters. The molecule has 0 aliphatic rings. The van der Waals surface area contributed by atoms with Crippen molar-refractivity contribution in [3.05, 3.63) is 71.3 Å². The summed E-state index contributed by atoms with van der Waals surface area (Å²) < 4.78 is 15.2. The van der Waals surface area contributed by atoms with Gasteiger partial charge in [0.15, 0.2) is 0 Å². The lowest BCUT2D eigenvalue weighted by Crippen LogP contribution is -2.15. The molecule has 4 nitrogen and oxygen atoms in total. The van der Waals surface area contributed by atoms with Crippen molar-refractivity contribution in [2.24, 2.45) is 7.05 Å². The highest BCUT2D eigenvalue weighted by molar-refractivity contribution is 6.07. The van der Waals surface area contributed by atoms with Crippen LogP contribution in [0, 0.1) is 25.2 Å². The maximum absolute atomic E-state index is 14.2. The summed E-state index contributed by atoms with van der Waals surface area (Å²) in [4.78, 5) is 12.6. The maximum Gasteiger partial charge on any atom is 0.262 e. The van der Waals surface area contributed by atoms with Gasteiger partial charge < -0.3 is 5.32 Å². The highest BCUT2D eigenvalue weighted by atomic mass is 19.1. The molecule has 0 radical (unpaired) electrons. The predicted octanol–water partition coefficient (Wildman–Crippen LogP) is 3.77. The van der Waals surface area contributed by atoms with E-state index >= 15 is 0 Å². The number of carbonyl (C=O) groups is 1. The summed E-state index contributed by atoms with van der Waals surface area (Å²) in [6.45, 7) is 1.59. The van der Waals surface area contributed by atoms with Gasteiger partial charge in [-0.2, -0.15) is 9.49 Å². The van der Waals surface area contributed by atoms with Gasteiger partial charge in [-0.15, -0.1) is 6.42 Å². The molecule has 0 aliphatic carbocycles. The van der Waals surface area contributed by atoms with Gasteiger partial charge in [-0.05, 0) is 24.6 Å². The number of halogens is 1. The zero-order valence-corrected chi connectivity index (χ0v) is 13.9. The molecule has 1 N–H and O–H groups in total. The number of benzene rings is 2. The number of aromatic nitrogens is 2. The van der Waals surface area contributed by atoms with Gasteiger partial charge in [0.2, 0.25) is 5.95 Å². The molecule has 5 heteroatoms. The fourth-order valence-electron chi connectivity index (χ4n) is 2.68. The molecule has 0 saturated carbocycles. The number of rotatable bonds is 3. The molecule has 0 saturated heterocycles. The zero-order valence-electron chi connectivity index (χ0n) is 13.9. The van der Waals surface area contributed by atoms with E-state index in [-0.39, 0.29) is 5.56 Å². The van der Waals surface area contributed by atoms with Crippen molar-refractivity contribution in [3.8, 4) is 23.5 Å². The fourth-order valence-corrected chi connectivity index (χ4v) is 2.68. The van der Waals surface area contributed by atoms with E-state index < -0.39 is 11.9 Å². The normalized spacial score (nSPS) is 10.3. The van der Waals surface area contributed by atoms with E-state index in [4.69, 9.17) is 6.42 Å². The van der Waals surface area contributed by atoms with Crippen molar-refractivity contribution in [1.82, 2.24) is 9.78 Å². The lowest BCUT2D eigenvalue weighted by atomic mass is 10.0. The first-order chi connectivity index (χ1) is 12.0. The van der Waals surface area contributed by atoms with Gasteiger partial charge in [-0.3, -0.25) is 4.79 Å². The van der Waals surface area contributed by atoms with Crippen molar-refractivity contribution in [2.75, 3.05) is 5.32 Å². The second kappa shape index (κ2) is 6.62. The number of terminal acetylenes is 1. The van der Waals surface area contributed by atoms with Crippen LogP contribution >= 0.6 is 0 Å². The van der Waals surface area contributed by atoms with Crippen LogP contribution in [0.25, 0.3) is 11.1 Å². The lowest BCUT2D eigenvalue weighted by molar-refractivity contribution is 0.102. The molecule has 3 aromatic rings. The molecule has 1 aromatic heterocycles. The van der Waals surface area contributed by atoms with Crippen LogP contribution in [0.3, 0.4) is 0 Å². The summed E-state index contributed by atoms with van der Waals surface area (Å²) in [6.07, 6.45) is 5.46. The van der Waals surface area contributed by atoms with Crippen LogP contribution in [0.15, 0.2) is 48.5 Å². The number of nitrogens with zero attached hydrogens (tertiary/aromatic N) is 2. The molecule has 3 rings (SSSR count). The minimum absolute atomic E-state index is 0.0763. The third-order valence-corrected chi connectivity index (χ3v) is 3.90. The zero-order chi connectivity index (χ0) is 18.0. The molecule has 2 aromatic carbocycles. The number of amides is 1. The largest absolute Gasteiger partial charge is 0.321 e. The molecule has 1 heterocycles. The van der Waals surface area contributed by atoms with Gasteiger partial charge in [-0.1, -0.05) is 42.3 Å². The Morgan fingerprint density at radius 3 is 2.56 bits per heavy atom. The van der Waals surface area contributed by atoms with Gasteiger partial charge in [0.1, 0.15) is 5.56 Å². The minimum atomic E-state index is -0.677. The molecule has 0 spiro atoms. The Bertz CT molecular complexity index is 984. The number of nitrogens with one attached hydrogen (secondary N) is 1. The number of aryl methyl sites for hydroxylation is 2. The Hall–Kier alpha value is -3.39. The van der Waals surface area contributed by atoms with Crippen LogP contribution in [0.2, 0.25) is 0 Å². The van der Waals surface area contributed by atoms with Crippen molar-refractivity contribution in [1.29, 1.82) is 0 Å². The van der Waals surface area contributed by atoms with Gasteiger partial charge in [0.05, 0.1) is 11.4 Å². The Labute approximate surface area is 145 Å². The lowest BCUT2D eigenvalue weighted by Gasteiger charge is -2.12. The number of hydrogen-bond acceptors (Lipinski definition) is 2. The second-order valence-corrected chi connectivity index (χ2v) is 5.60. The van der Waals surface area contributed by atoms with Gasteiger partial charge in [0, 0.05) is 18.2 Å². The highest BCUT2D eigenvalue weighted by Gasteiger charge is 2.21. The molecular formula is C20H16FN3O. The quantitative estimate of drug-likeness (QED) is 0.742. The monoisotopic (exact) mass is 333 g/mol. The van der Waals surface area contributed by atoms with E-state index in [9.17, 15) is 9.18 Å². The first kappa shape index (κ1) is 16.5. The van der Waals surface area contributed by atoms with Gasteiger partial charge in [-0.25, -0.2) is 4.68 Å². The summed E-state index contributed by atoms with van der Waals surface area (Å²) >= 11 is 0. The Kier molecular flexibility index (Phi) is 4.36. The maximum atomic E-state index is 14.2. The van der Waals surface area contributed by atoms with E-state index in [0.717, 1.165) is 15.8 Å². The summed E-state index contributed by atoms with van der Waals surface area (Å²) in [6, 6.07) is 14.9. The summed E-state index contributed by atoms with van der Waals surface area (Å²) in [7, 11) is 1.45. The summed E-state index contributed by atoms with van der Waals surface area (Å²) in [5.41, 5.74) is 3.12. The van der Waals surface area contributed by atoms with E-state index in [1.54, 1.807) is 19.1 Å². The topological polar surface area (TPSA) is 46.9 Å². The average Bonchev–Trinajstić information content (AvgIpc) is 2.87. The molecule has 124 valence electrons. The third kappa shape index (κ3) is 3.15. The minimum Gasteiger partial charge on any atom is -0.321 e. The van der Waals surface area contributed by atoms with E-state index in [0.29, 0.717) is 16.9 Å². The summed E-state index contributed by atoms with van der Waals surface area (Å²) in [5.74, 6) is 1.31. The fraction of sp³-hybridized carbons (Fsp3) is 0.100. The standard InChI is InChI=1S/C20H16FN3O/c1-4-14-10-11-16(15-8-6-5-7-9-15)17(12-14)22-20(25)18-13(2)23-24(3)19(18)21/h1,5-12H,2-3H3,(H,22,25). The van der Waals surface area contributed by atoms with Crippen LogP contribution in [-0.2, 0) is 7.05 Å². The number of hydrogen-bond donors (Lipinski definition) is 1. The van der Waals surface area contributed by atoms with Crippen LogP contribution < -0.4 is 5.32 Å². The van der Waals surface area contributed by atoms with Crippen molar-refractivity contribution < 1.29 is 9.18 Å². The Morgan fingerprint density at radius 2 is 1.96 bits per heavy atom. The third-order valence-electron chi connectivity index (χ3n) is 3.90. The highest BCUT2D eigenvalue weighted by Crippen LogP contribution is 2.29. The van der Waals surface area contributed by atoms with Crippen LogP contribution in [0.1, 0.15) is 21.6 Å². The molecule has 1 amide bonds. The van der Waals surface area contributed by atoms with Crippen molar-refractivity contribution in [3.63, 3.8) is 0 Å². The van der Waals surface area contributed by atoms with E-state index in [1.165, 1.54) is 7.05 Å². The SMILES string of the molecule is C#Cc1ccc(-c2ccccc2)c(NC(=O)c2c(C)nn(C)c2F)c1.